The number of amides is 3. The number of carbonyl (C=O) groups is 3. The van der Waals surface area contributed by atoms with Crippen LogP contribution in [0.4, 0.5) is 11.4 Å². The number of rotatable bonds is 6. The van der Waals surface area contributed by atoms with Gasteiger partial charge in [-0.3, -0.25) is 14.4 Å². The van der Waals surface area contributed by atoms with E-state index >= 15 is 0 Å². The number of carbonyl (C=O) groups excluding carboxylic acids is 3. The molecule has 1 heterocycles. The Hall–Kier alpha value is -3.35. The highest BCUT2D eigenvalue weighted by molar-refractivity contribution is 6.00. The molecular formula is C22H25N3O4. The number of nitrogens with zero attached hydrogens (tertiary/aromatic N) is 1. The minimum Gasteiger partial charge on any atom is -0.494 e. The van der Waals surface area contributed by atoms with E-state index in [1.807, 2.05) is 19.9 Å². The van der Waals surface area contributed by atoms with Crippen molar-refractivity contribution in [2.75, 3.05) is 30.4 Å². The third-order valence-corrected chi connectivity index (χ3v) is 4.72. The molecule has 3 rings (SSSR count). The van der Waals surface area contributed by atoms with Crippen molar-refractivity contribution in [3.63, 3.8) is 0 Å². The zero-order chi connectivity index (χ0) is 21.0. The zero-order valence-corrected chi connectivity index (χ0v) is 16.9. The summed E-state index contributed by atoms with van der Waals surface area (Å²) in [5.74, 6) is -0.0753. The van der Waals surface area contributed by atoms with E-state index in [4.69, 9.17) is 4.74 Å². The van der Waals surface area contributed by atoms with Crippen LogP contribution < -0.4 is 20.3 Å². The molecule has 29 heavy (non-hydrogen) atoms. The summed E-state index contributed by atoms with van der Waals surface area (Å²) in [7, 11) is 1.52. The monoisotopic (exact) mass is 395 g/mol. The number of nitrogens with one attached hydrogen (secondary N) is 2. The van der Waals surface area contributed by atoms with Gasteiger partial charge in [-0.25, -0.2) is 0 Å². The molecule has 0 spiro atoms. The molecule has 0 bridgehead atoms. The molecule has 1 saturated heterocycles. The van der Waals surface area contributed by atoms with Gasteiger partial charge in [-0.05, 0) is 44.5 Å². The van der Waals surface area contributed by atoms with Crippen molar-refractivity contribution in [1.82, 2.24) is 5.32 Å². The molecule has 0 atom stereocenters. The summed E-state index contributed by atoms with van der Waals surface area (Å²) >= 11 is 0. The highest BCUT2D eigenvalue weighted by atomic mass is 16.5. The maximum absolute atomic E-state index is 12.3. The fraction of sp³-hybridized carbons (Fsp3) is 0.318. The standard InChI is InChI=1S/C22H25N3O4/c1-14-9-15(2)11-16(10-14)22(28)23-13-20(26)24-17-6-7-18(19(12-17)29-3)25-8-4-5-21(25)27/h6-7,9-12H,4-5,8,13H2,1-3H3,(H,23,28)(H,24,26). The van der Waals surface area contributed by atoms with Gasteiger partial charge in [0.25, 0.3) is 5.91 Å². The maximum Gasteiger partial charge on any atom is 0.251 e. The van der Waals surface area contributed by atoms with E-state index in [-0.39, 0.29) is 24.3 Å². The molecular weight excluding hydrogens is 370 g/mol. The molecule has 7 nitrogen and oxygen atoms in total. The molecule has 0 radical (unpaired) electrons. The number of anilines is 2. The van der Waals surface area contributed by atoms with Gasteiger partial charge in [0.1, 0.15) is 5.75 Å². The molecule has 1 aliphatic rings. The Morgan fingerprint density at radius 2 is 1.83 bits per heavy atom. The van der Waals surface area contributed by atoms with Crippen molar-refractivity contribution in [1.29, 1.82) is 0 Å². The third kappa shape index (κ3) is 4.93. The smallest absolute Gasteiger partial charge is 0.251 e. The van der Waals surface area contributed by atoms with Gasteiger partial charge in [0, 0.05) is 30.3 Å². The van der Waals surface area contributed by atoms with Gasteiger partial charge < -0.3 is 20.3 Å². The van der Waals surface area contributed by atoms with Crippen molar-refractivity contribution in [3.8, 4) is 5.75 Å². The first-order chi connectivity index (χ1) is 13.9. The van der Waals surface area contributed by atoms with E-state index in [9.17, 15) is 14.4 Å². The first kappa shape index (κ1) is 20.4. The Morgan fingerprint density at radius 3 is 2.45 bits per heavy atom. The second-order valence-corrected chi connectivity index (χ2v) is 7.14. The molecule has 1 fully saturated rings. The number of hydrogen-bond acceptors (Lipinski definition) is 4. The summed E-state index contributed by atoms with van der Waals surface area (Å²) in [4.78, 5) is 38.2. The lowest BCUT2D eigenvalue weighted by atomic mass is 10.1. The zero-order valence-electron chi connectivity index (χ0n) is 16.9. The van der Waals surface area contributed by atoms with Crippen LogP contribution >= 0.6 is 0 Å². The number of aryl methyl sites for hydroxylation is 2. The maximum atomic E-state index is 12.3. The Morgan fingerprint density at radius 1 is 1.10 bits per heavy atom. The lowest BCUT2D eigenvalue weighted by Gasteiger charge is -2.19. The SMILES string of the molecule is COc1cc(NC(=O)CNC(=O)c2cc(C)cc(C)c2)ccc1N1CCCC1=O. The number of ether oxygens (including phenoxy) is 1. The van der Waals surface area contributed by atoms with E-state index in [0.29, 0.717) is 35.7 Å². The molecule has 2 N–H and O–H groups in total. The quantitative estimate of drug-likeness (QED) is 0.787. The Bertz CT molecular complexity index is 935. The van der Waals surface area contributed by atoms with Gasteiger partial charge in [0.2, 0.25) is 11.8 Å². The van der Waals surface area contributed by atoms with E-state index in [1.165, 1.54) is 7.11 Å². The fourth-order valence-electron chi connectivity index (χ4n) is 3.45. The highest BCUT2D eigenvalue weighted by Crippen LogP contribution is 2.33. The molecule has 0 aliphatic carbocycles. The van der Waals surface area contributed by atoms with Crippen molar-refractivity contribution in [3.05, 3.63) is 53.1 Å². The van der Waals surface area contributed by atoms with Gasteiger partial charge in [-0.2, -0.15) is 0 Å². The first-order valence-corrected chi connectivity index (χ1v) is 9.52. The average Bonchev–Trinajstić information content (AvgIpc) is 3.11. The second kappa shape index (κ2) is 8.77. The fourth-order valence-corrected chi connectivity index (χ4v) is 3.45. The highest BCUT2D eigenvalue weighted by Gasteiger charge is 2.24. The van der Waals surface area contributed by atoms with E-state index in [2.05, 4.69) is 10.6 Å². The summed E-state index contributed by atoms with van der Waals surface area (Å²) in [6, 6.07) is 10.7. The first-order valence-electron chi connectivity index (χ1n) is 9.52. The minimum atomic E-state index is -0.352. The molecule has 0 aromatic heterocycles. The van der Waals surface area contributed by atoms with Crippen LogP contribution in [0.5, 0.6) is 5.75 Å². The molecule has 7 heteroatoms. The Kier molecular flexibility index (Phi) is 6.16. The van der Waals surface area contributed by atoms with E-state index < -0.39 is 0 Å². The van der Waals surface area contributed by atoms with Gasteiger partial charge in [-0.15, -0.1) is 0 Å². The van der Waals surface area contributed by atoms with Crippen molar-refractivity contribution in [2.45, 2.75) is 26.7 Å². The van der Waals surface area contributed by atoms with Crippen LogP contribution in [-0.2, 0) is 9.59 Å². The number of methoxy groups -OCH3 is 1. The number of hydrogen-bond donors (Lipinski definition) is 2. The van der Waals surface area contributed by atoms with E-state index in [1.54, 1.807) is 35.2 Å². The predicted molar refractivity (Wildman–Crippen MR) is 111 cm³/mol. The summed E-state index contributed by atoms with van der Waals surface area (Å²) in [6.45, 7) is 4.35. The van der Waals surface area contributed by atoms with E-state index in [0.717, 1.165) is 17.5 Å². The predicted octanol–water partition coefficient (Wildman–Crippen LogP) is 2.81. The summed E-state index contributed by atoms with van der Waals surface area (Å²) in [5.41, 5.74) is 3.72. The third-order valence-electron chi connectivity index (χ3n) is 4.72. The van der Waals surface area contributed by atoms with Crippen LogP contribution in [0.15, 0.2) is 36.4 Å². The molecule has 0 unspecified atom stereocenters. The van der Waals surface area contributed by atoms with Crippen molar-refractivity contribution in [2.24, 2.45) is 0 Å². The Balaban J connectivity index is 1.61. The molecule has 2 aromatic carbocycles. The van der Waals surface area contributed by atoms with Crippen LogP contribution in [0.2, 0.25) is 0 Å². The lowest BCUT2D eigenvalue weighted by Crippen LogP contribution is -2.33. The largest absolute Gasteiger partial charge is 0.494 e. The molecule has 1 aliphatic heterocycles. The van der Waals surface area contributed by atoms with Crippen LogP contribution in [0.25, 0.3) is 0 Å². The summed E-state index contributed by atoms with van der Waals surface area (Å²) in [6.07, 6.45) is 1.35. The second-order valence-electron chi connectivity index (χ2n) is 7.14. The lowest BCUT2D eigenvalue weighted by molar-refractivity contribution is -0.117. The van der Waals surface area contributed by atoms with Crippen molar-refractivity contribution < 1.29 is 19.1 Å². The summed E-state index contributed by atoms with van der Waals surface area (Å²) < 4.78 is 5.39. The van der Waals surface area contributed by atoms with Gasteiger partial charge in [-0.1, -0.05) is 17.2 Å². The normalized spacial score (nSPS) is 13.3. The van der Waals surface area contributed by atoms with Crippen molar-refractivity contribution >= 4 is 29.1 Å². The number of benzene rings is 2. The topological polar surface area (TPSA) is 87.7 Å². The van der Waals surface area contributed by atoms with Gasteiger partial charge in [0.15, 0.2) is 0 Å². The Labute approximate surface area is 170 Å². The minimum absolute atomic E-state index is 0.0641. The molecule has 0 saturated carbocycles. The molecule has 3 amide bonds. The molecule has 152 valence electrons. The van der Waals surface area contributed by atoms with Gasteiger partial charge >= 0.3 is 0 Å². The van der Waals surface area contributed by atoms with Gasteiger partial charge in [0.05, 0.1) is 19.3 Å². The summed E-state index contributed by atoms with van der Waals surface area (Å²) in [5, 5.41) is 5.37. The van der Waals surface area contributed by atoms with Crippen LogP contribution in [0.3, 0.4) is 0 Å². The molecule has 2 aromatic rings. The van der Waals surface area contributed by atoms with Crippen LogP contribution in [0.1, 0.15) is 34.3 Å². The average molecular weight is 395 g/mol. The van der Waals surface area contributed by atoms with Crippen LogP contribution in [0, 0.1) is 13.8 Å². The van der Waals surface area contributed by atoms with Crippen LogP contribution in [-0.4, -0.2) is 37.9 Å².